The molecule has 5 aliphatic heterocycles. The van der Waals surface area contributed by atoms with E-state index in [1.807, 2.05) is 11.8 Å². The Kier molecular flexibility index (Phi) is 9.08. The highest BCUT2D eigenvalue weighted by atomic mass is 32.2. The average molecular weight is 582 g/mol. The van der Waals surface area contributed by atoms with Gasteiger partial charge in [-0.2, -0.15) is 0 Å². The van der Waals surface area contributed by atoms with Crippen molar-refractivity contribution in [3.63, 3.8) is 0 Å². The van der Waals surface area contributed by atoms with Crippen molar-refractivity contribution in [1.82, 2.24) is 26.2 Å². The van der Waals surface area contributed by atoms with Crippen LogP contribution in [0.3, 0.4) is 0 Å². The molecule has 8 unspecified atom stereocenters. The fraction of sp³-hybridized carbons (Fsp3) is 0.846. The maximum atomic E-state index is 12.9. The molecule has 1 amide bonds. The minimum Gasteiger partial charge on any atom is -0.378 e. The van der Waals surface area contributed by atoms with Gasteiger partial charge in [0.25, 0.3) is 0 Å². The van der Waals surface area contributed by atoms with Crippen molar-refractivity contribution in [1.29, 1.82) is 0 Å². The highest BCUT2D eigenvalue weighted by Crippen LogP contribution is 2.45. The number of rotatable bonds is 7. The Morgan fingerprint density at radius 2 is 1.95 bits per heavy atom. The number of nitrogens with one attached hydrogen (secondary N) is 4. The highest BCUT2D eigenvalue weighted by molar-refractivity contribution is 8.04. The summed E-state index contributed by atoms with van der Waals surface area (Å²) in [6, 6.07) is 0.480. The first-order valence-electron chi connectivity index (χ1n) is 14.5. The minimum atomic E-state index is -0.378. The molecule has 0 radical (unpaired) electrons. The van der Waals surface area contributed by atoms with Crippen LogP contribution >= 0.6 is 23.5 Å². The molecule has 0 bridgehead atoms. The number of nitrogens with zero attached hydrogens (tertiary/aromatic N) is 1. The normalized spacial score (nSPS) is 43.3. The number of morpholine rings is 1. The fourth-order valence-corrected chi connectivity index (χ4v) is 9.87. The Morgan fingerprint density at radius 1 is 1.13 bits per heavy atom. The third-order valence-electron chi connectivity index (χ3n) is 9.03. The number of amides is 1. The zero-order valence-electron chi connectivity index (χ0n) is 22.4. The molecule has 5 heterocycles. The van der Waals surface area contributed by atoms with Gasteiger partial charge in [-0.3, -0.25) is 25.5 Å². The number of fused-ring (bicyclic) bond motifs is 1. The summed E-state index contributed by atoms with van der Waals surface area (Å²) in [5, 5.41) is 16.1. The zero-order chi connectivity index (χ0) is 26.9. The predicted octanol–water partition coefficient (Wildman–Crippen LogP) is -0.566. The van der Waals surface area contributed by atoms with Gasteiger partial charge in [0.05, 0.1) is 59.1 Å². The van der Waals surface area contributed by atoms with E-state index in [4.69, 9.17) is 20.9 Å². The number of nitrogens with two attached hydrogens (primary N) is 2. The molecule has 0 aromatic heterocycles. The summed E-state index contributed by atoms with van der Waals surface area (Å²) in [6.45, 7) is 4.35. The smallest absolute Gasteiger partial charge is 0.223 e. The molecule has 5 fully saturated rings. The van der Waals surface area contributed by atoms with Crippen LogP contribution in [0.4, 0.5) is 0 Å². The number of carbonyl (C=O) groups is 2. The van der Waals surface area contributed by atoms with Crippen molar-refractivity contribution in [2.24, 2.45) is 23.3 Å². The molecule has 0 spiro atoms. The second-order valence-electron chi connectivity index (χ2n) is 11.6. The number of hydrogen-bond acceptors (Lipinski definition) is 12. The van der Waals surface area contributed by atoms with E-state index in [9.17, 15) is 9.59 Å². The molecule has 11 nitrogen and oxygen atoms in total. The topological polar surface area (TPSA) is 156 Å². The molecule has 1 saturated carbocycles. The van der Waals surface area contributed by atoms with Crippen LogP contribution in [0.5, 0.6) is 0 Å². The number of thioether (sulfide) groups is 2. The summed E-state index contributed by atoms with van der Waals surface area (Å²) >= 11 is 3.62. The Hall–Kier alpha value is -0.900. The van der Waals surface area contributed by atoms with Gasteiger partial charge in [-0.05, 0) is 25.7 Å². The number of hydrogen-bond donors (Lipinski definition) is 6. The first-order chi connectivity index (χ1) is 19.0. The van der Waals surface area contributed by atoms with Crippen molar-refractivity contribution in [2.75, 3.05) is 39.5 Å². The summed E-state index contributed by atoms with van der Waals surface area (Å²) < 4.78 is 11.5. The van der Waals surface area contributed by atoms with Crippen molar-refractivity contribution in [3.05, 3.63) is 11.1 Å². The summed E-state index contributed by atoms with van der Waals surface area (Å²) in [7, 11) is 0. The van der Waals surface area contributed by atoms with Crippen LogP contribution in [0.15, 0.2) is 11.1 Å². The molecule has 39 heavy (non-hydrogen) atoms. The Bertz CT molecular complexity index is 938. The van der Waals surface area contributed by atoms with E-state index in [0.717, 1.165) is 50.3 Å². The van der Waals surface area contributed by atoms with Crippen LogP contribution in [-0.4, -0.2) is 103 Å². The largest absolute Gasteiger partial charge is 0.378 e. The van der Waals surface area contributed by atoms with E-state index in [0.29, 0.717) is 25.9 Å². The molecule has 1 aliphatic carbocycles. The molecule has 218 valence electrons. The van der Waals surface area contributed by atoms with Gasteiger partial charge in [0, 0.05) is 43.7 Å². The van der Waals surface area contributed by atoms with Gasteiger partial charge < -0.3 is 31.2 Å². The van der Waals surface area contributed by atoms with Gasteiger partial charge in [-0.15, -0.1) is 23.5 Å². The number of piperidine rings is 1. The number of ether oxygens (including phenoxy) is 2. The lowest BCUT2D eigenvalue weighted by molar-refractivity contribution is -0.124. The Labute approximate surface area is 239 Å². The van der Waals surface area contributed by atoms with E-state index in [-0.39, 0.29) is 64.0 Å². The Balaban J connectivity index is 1.06. The van der Waals surface area contributed by atoms with Gasteiger partial charge in [0.1, 0.15) is 6.10 Å². The van der Waals surface area contributed by atoms with Gasteiger partial charge in [0.2, 0.25) is 5.91 Å². The zero-order valence-corrected chi connectivity index (χ0v) is 24.0. The number of carbonyl (C=O) groups excluding carboxylic acids is 2. The van der Waals surface area contributed by atoms with Crippen molar-refractivity contribution >= 4 is 35.2 Å². The molecule has 8 N–H and O–H groups in total. The monoisotopic (exact) mass is 581 g/mol. The second-order valence-corrected chi connectivity index (χ2v) is 14.2. The van der Waals surface area contributed by atoms with E-state index < -0.39 is 0 Å². The van der Waals surface area contributed by atoms with Crippen LogP contribution in [0, 0.1) is 11.8 Å². The summed E-state index contributed by atoms with van der Waals surface area (Å²) in [4.78, 5) is 27.5. The average Bonchev–Trinajstić information content (AvgIpc) is 3.58. The van der Waals surface area contributed by atoms with E-state index in [1.54, 1.807) is 17.8 Å². The lowest BCUT2D eigenvalue weighted by Gasteiger charge is -2.41. The van der Waals surface area contributed by atoms with Gasteiger partial charge in [-0.25, -0.2) is 0 Å². The van der Waals surface area contributed by atoms with Crippen LogP contribution in [0.25, 0.3) is 0 Å². The third-order valence-corrected chi connectivity index (χ3v) is 12.0. The lowest BCUT2D eigenvalue weighted by Crippen LogP contribution is -2.65. The molecule has 10 atom stereocenters. The third kappa shape index (κ3) is 6.31. The summed E-state index contributed by atoms with van der Waals surface area (Å²) in [6.07, 6.45) is 7.42. The van der Waals surface area contributed by atoms with Gasteiger partial charge in [-0.1, -0.05) is 12.8 Å². The molecule has 0 aromatic carbocycles. The van der Waals surface area contributed by atoms with Crippen LogP contribution in [-0.2, 0) is 19.1 Å². The quantitative estimate of drug-likeness (QED) is 0.228. The molecule has 13 heteroatoms. The first kappa shape index (κ1) is 28.2. The molecule has 6 aliphatic rings. The SMILES string of the molecule is NC(=O)C1CCC(N[C@H]2CCCC[C@H]2N)NC1NC1CNC(C2COC3C(=O)C=C(N4CCOCC4)SC32)S1. The summed E-state index contributed by atoms with van der Waals surface area (Å²) in [5.74, 6) is -0.257. The maximum absolute atomic E-state index is 12.9. The highest BCUT2D eigenvalue weighted by Gasteiger charge is 2.50. The van der Waals surface area contributed by atoms with Crippen LogP contribution < -0.4 is 32.7 Å². The van der Waals surface area contributed by atoms with Crippen molar-refractivity contribution in [2.45, 2.75) is 85.0 Å². The molecule has 6 rings (SSSR count). The van der Waals surface area contributed by atoms with Crippen LogP contribution in [0.1, 0.15) is 38.5 Å². The van der Waals surface area contributed by atoms with E-state index in [2.05, 4.69) is 26.2 Å². The Morgan fingerprint density at radius 3 is 2.74 bits per heavy atom. The molecular weight excluding hydrogens is 538 g/mol. The number of ketones is 1. The molecular formula is C26H43N7O4S2. The maximum Gasteiger partial charge on any atom is 0.223 e. The van der Waals surface area contributed by atoms with E-state index in [1.165, 1.54) is 12.8 Å². The second kappa shape index (κ2) is 12.5. The molecule has 4 saturated heterocycles. The first-order valence-corrected chi connectivity index (χ1v) is 16.4. The van der Waals surface area contributed by atoms with Crippen molar-refractivity contribution < 1.29 is 19.1 Å². The molecule has 0 aromatic rings. The van der Waals surface area contributed by atoms with Crippen LogP contribution in [0.2, 0.25) is 0 Å². The minimum absolute atomic E-state index is 0.0762. The van der Waals surface area contributed by atoms with E-state index >= 15 is 0 Å². The predicted molar refractivity (Wildman–Crippen MR) is 152 cm³/mol. The van der Waals surface area contributed by atoms with Gasteiger partial charge >= 0.3 is 0 Å². The van der Waals surface area contributed by atoms with Crippen molar-refractivity contribution in [3.8, 4) is 0 Å². The lowest BCUT2D eigenvalue weighted by atomic mass is 9.89. The summed E-state index contributed by atoms with van der Waals surface area (Å²) in [5.41, 5.74) is 12.2. The van der Waals surface area contributed by atoms with Gasteiger partial charge in [0.15, 0.2) is 5.78 Å². The number of primary amides is 1. The standard InChI is InChI=1S/C26H43N7O4S2/c27-16-3-1-2-4-17(16)30-19-6-5-14(24(28)35)25(31-19)32-20-12-29-26(38-20)15-13-37-22-18(34)11-21(39-23(15)22)33-7-9-36-10-8-33/h11,14-17,19-20,22-23,25-26,29-32H,1-10,12-13,27H2,(H2,28,35)/t14?,15?,16-,17+,19?,20?,22?,23?,25?,26?/m1/s1. The fourth-order valence-electron chi connectivity index (χ4n) is 6.81.